The van der Waals surface area contributed by atoms with Crippen LogP contribution in [0.4, 0.5) is 0 Å². The van der Waals surface area contributed by atoms with Crippen molar-refractivity contribution >= 4 is 46.8 Å². The van der Waals surface area contributed by atoms with E-state index in [1.165, 1.54) is 0 Å². The maximum absolute atomic E-state index is 8.58. The molecular formula is CaMnO4Si. The van der Waals surface area contributed by atoms with Crippen LogP contribution in [0.5, 0.6) is 0 Å². The van der Waals surface area contributed by atoms with E-state index in [2.05, 4.69) is 0 Å². The van der Waals surface area contributed by atoms with Crippen molar-refractivity contribution in [3.63, 3.8) is 0 Å². The van der Waals surface area contributed by atoms with Crippen molar-refractivity contribution < 1.29 is 36.3 Å². The van der Waals surface area contributed by atoms with Gasteiger partial charge in [-0.3, -0.25) is 0 Å². The van der Waals surface area contributed by atoms with Crippen molar-refractivity contribution in [2.75, 3.05) is 0 Å². The topological polar surface area (TPSA) is 92.2 Å². The van der Waals surface area contributed by atoms with Gasteiger partial charge in [0, 0.05) is 0 Å². The summed E-state index contributed by atoms with van der Waals surface area (Å²) in [6.45, 7) is 0. The van der Waals surface area contributed by atoms with E-state index >= 15 is 0 Å². The van der Waals surface area contributed by atoms with Gasteiger partial charge in [0.15, 0.2) is 0 Å². The minimum atomic E-state index is -5.61. The maximum Gasteiger partial charge on any atom is 2.00 e. The van der Waals surface area contributed by atoms with Gasteiger partial charge in [-0.1, -0.05) is 0 Å². The molecule has 0 saturated heterocycles. The smallest absolute Gasteiger partial charge is 0.894 e. The third-order valence-corrected chi connectivity index (χ3v) is 0. The van der Waals surface area contributed by atoms with Crippen molar-refractivity contribution in [1.82, 2.24) is 0 Å². The van der Waals surface area contributed by atoms with Crippen LogP contribution in [0.3, 0.4) is 0 Å². The van der Waals surface area contributed by atoms with Crippen molar-refractivity contribution in [1.29, 1.82) is 0 Å². The summed E-state index contributed by atoms with van der Waals surface area (Å²) in [7, 11) is -5.61. The van der Waals surface area contributed by atoms with Gasteiger partial charge in [-0.15, -0.1) is 0 Å². The second-order valence-electron chi connectivity index (χ2n) is 0.500. The average Bonchev–Trinajstić information content (AvgIpc) is 0.722. The third-order valence-electron chi connectivity index (χ3n) is 0. The molecule has 0 bridgehead atoms. The summed E-state index contributed by atoms with van der Waals surface area (Å²) in [6.07, 6.45) is 0. The zero-order valence-corrected chi connectivity index (χ0v) is 7.61. The molecule has 37 valence electrons. The molecule has 4 nitrogen and oxygen atoms in total. The Labute approximate surface area is 82.1 Å². The summed E-state index contributed by atoms with van der Waals surface area (Å²) in [4.78, 5) is 34.3. The van der Waals surface area contributed by atoms with Crippen LogP contribution in [0.2, 0.25) is 0 Å². The van der Waals surface area contributed by atoms with Gasteiger partial charge in [0.1, 0.15) is 0 Å². The Hall–Kier alpha value is 1.84. The monoisotopic (exact) mass is 187 g/mol. The second kappa shape index (κ2) is 5.96. The normalized spacial score (nSPS) is 8.57. The average molecular weight is 187 g/mol. The van der Waals surface area contributed by atoms with Gasteiger partial charge < -0.3 is 28.2 Å². The van der Waals surface area contributed by atoms with E-state index in [4.69, 9.17) is 19.2 Å². The van der Waals surface area contributed by atoms with Crippen LogP contribution in [0.1, 0.15) is 0 Å². The summed E-state index contributed by atoms with van der Waals surface area (Å²) in [5, 5.41) is 0. The van der Waals surface area contributed by atoms with Crippen LogP contribution >= 0.6 is 0 Å². The fraction of sp³-hybridized carbons (Fsp3) is 0. The van der Waals surface area contributed by atoms with E-state index in [1.54, 1.807) is 0 Å². The van der Waals surface area contributed by atoms with Gasteiger partial charge in [-0.05, 0) is 0 Å². The van der Waals surface area contributed by atoms with E-state index in [0.717, 1.165) is 0 Å². The van der Waals surface area contributed by atoms with Crippen molar-refractivity contribution in [3.05, 3.63) is 0 Å². The molecule has 0 aliphatic heterocycles. The van der Waals surface area contributed by atoms with Crippen LogP contribution in [-0.4, -0.2) is 46.8 Å². The standard InChI is InChI=1S/Ca.Mn.O4Si/c;;1-5(2,3)4/q2*+2;-4. The van der Waals surface area contributed by atoms with Gasteiger partial charge in [0.05, 0.1) is 0 Å². The Morgan fingerprint density at radius 3 is 0.857 bits per heavy atom. The minimum absolute atomic E-state index is 0. The Kier molecular flexibility index (Phi) is 13.6. The van der Waals surface area contributed by atoms with Crippen LogP contribution in [0, 0.1) is 0 Å². The molecule has 0 aliphatic carbocycles. The van der Waals surface area contributed by atoms with Crippen molar-refractivity contribution in [2.45, 2.75) is 0 Å². The van der Waals surface area contributed by atoms with Crippen molar-refractivity contribution in [2.24, 2.45) is 0 Å². The molecular weight excluding hydrogens is 187 g/mol. The van der Waals surface area contributed by atoms with Crippen LogP contribution < -0.4 is 19.2 Å². The molecule has 1 radical (unpaired) electrons. The Morgan fingerprint density at radius 1 is 0.857 bits per heavy atom. The molecule has 0 heterocycles. The van der Waals surface area contributed by atoms with E-state index in [-0.39, 0.29) is 54.8 Å². The van der Waals surface area contributed by atoms with E-state index < -0.39 is 9.05 Å². The first-order valence-electron chi connectivity index (χ1n) is 0.816. The first-order valence-corrected chi connectivity index (χ1v) is 2.45. The molecule has 0 atom stereocenters. The van der Waals surface area contributed by atoms with Crippen LogP contribution in [0.25, 0.3) is 0 Å². The first-order chi connectivity index (χ1) is 2.00. The third kappa shape index (κ3) is 79.2. The van der Waals surface area contributed by atoms with E-state index in [0.29, 0.717) is 0 Å². The van der Waals surface area contributed by atoms with Gasteiger partial charge >= 0.3 is 54.8 Å². The minimum Gasteiger partial charge on any atom is -0.894 e. The molecule has 0 unspecified atom stereocenters. The first kappa shape index (κ1) is 15.9. The number of hydrogen-bond donors (Lipinski definition) is 0. The molecule has 0 aromatic heterocycles. The van der Waals surface area contributed by atoms with Gasteiger partial charge in [0.2, 0.25) is 0 Å². The SMILES string of the molecule is [Ca+2].[Mn+2].[O-][Si]([O-])([O-])[O-]. The number of rotatable bonds is 0. The van der Waals surface area contributed by atoms with Crippen molar-refractivity contribution in [3.8, 4) is 0 Å². The largest absolute Gasteiger partial charge is 2.00 e. The van der Waals surface area contributed by atoms with Gasteiger partial charge in [0.25, 0.3) is 0 Å². The molecule has 0 amide bonds. The molecule has 7 heavy (non-hydrogen) atoms. The summed E-state index contributed by atoms with van der Waals surface area (Å²) in [6, 6.07) is 0. The van der Waals surface area contributed by atoms with E-state index in [1.807, 2.05) is 0 Å². The summed E-state index contributed by atoms with van der Waals surface area (Å²) >= 11 is 0. The predicted octanol–water partition coefficient (Wildman–Crippen LogP) is -5.52. The zero-order valence-electron chi connectivity index (χ0n) is 3.22. The molecule has 0 fully saturated rings. The van der Waals surface area contributed by atoms with E-state index in [9.17, 15) is 0 Å². The molecule has 0 aliphatic rings. The summed E-state index contributed by atoms with van der Waals surface area (Å²) < 4.78 is 0. The summed E-state index contributed by atoms with van der Waals surface area (Å²) in [5.41, 5.74) is 0. The van der Waals surface area contributed by atoms with Crippen LogP contribution in [0.15, 0.2) is 0 Å². The Balaban J connectivity index is -0.0000000800. The van der Waals surface area contributed by atoms with Crippen LogP contribution in [-0.2, 0) is 17.1 Å². The predicted molar refractivity (Wildman–Crippen MR) is 11.5 cm³/mol. The molecule has 0 aromatic carbocycles. The molecule has 7 heteroatoms. The molecule has 0 saturated carbocycles. The molecule has 0 spiro atoms. The molecule has 0 N–H and O–H groups in total. The fourth-order valence-electron chi connectivity index (χ4n) is 0. The van der Waals surface area contributed by atoms with Gasteiger partial charge in [-0.25, -0.2) is 0 Å². The zero-order chi connectivity index (χ0) is 4.50. The second-order valence-corrected chi connectivity index (χ2v) is 1.50. The quantitative estimate of drug-likeness (QED) is 0.353. The maximum atomic E-state index is 8.58. The molecule has 0 aromatic rings. The Morgan fingerprint density at radius 2 is 0.857 bits per heavy atom. The summed E-state index contributed by atoms with van der Waals surface area (Å²) in [5.74, 6) is 0. The fourth-order valence-corrected chi connectivity index (χ4v) is 0. The molecule has 0 rings (SSSR count). The Bertz CT molecular complexity index is 27.2. The number of hydrogen-bond acceptors (Lipinski definition) is 4. The van der Waals surface area contributed by atoms with Gasteiger partial charge in [-0.2, -0.15) is 0 Å².